The molecule has 0 aliphatic rings. The minimum Gasteiger partial charge on any atom is -0.106 e. The molecular weight excluding hydrogens is 204 g/mol. The monoisotopic (exact) mass is 224 g/mol. The third kappa shape index (κ3) is 7.80. The van der Waals surface area contributed by atoms with Gasteiger partial charge in [0.05, 0.1) is 0 Å². The van der Waals surface area contributed by atoms with Crippen LogP contribution in [0, 0.1) is 6.92 Å². The molecule has 0 aliphatic heterocycles. The second-order valence-electron chi connectivity index (χ2n) is 3.27. The number of aryl methyl sites for hydroxylation is 1. The molecule has 0 saturated carbocycles. The third-order valence-corrected chi connectivity index (χ3v) is 1.98. The van der Waals surface area contributed by atoms with Gasteiger partial charge in [-0.1, -0.05) is 78.9 Å². The lowest BCUT2D eigenvalue weighted by atomic mass is 10.2. The summed E-state index contributed by atoms with van der Waals surface area (Å²) in [7, 11) is 0. The Kier molecular flexibility index (Phi) is 9.16. The van der Waals surface area contributed by atoms with Gasteiger partial charge in [0.15, 0.2) is 0 Å². The molecule has 0 heteroatoms. The summed E-state index contributed by atoms with van der Waals surface area (Å²) in [6.45, 7) is 11.7. The Morgan fingerprint density at radius 2 is 1.18 bits per heavy atom. The first-order valence-electron chi connectivity index (χ1n) is 5.52. The van der Waals surface area contributed by atoms with Crippen LogP contribution < -0.4 is 0 Å². The molecule has 0 unspecified atom stereocenters. The number of rotatable bonds is 1. The van der Waals surface area contributed by atoms with Crippen molar-refractivity contribution in [3.8, 4) is 0 Å². The predicted molar refractivity (Wildman–Crippen MR) is 79.0 cm³/mol. The van der Waals surface area contributed by atoms with Gasteiger partial charge in [0.25, 0.3) is 0 Å². The second-order valence-corrected chi connectivity index (χ2v) is 3.27. The van der Waals surface area contributed by atoms with Gasteiger partial charge >= 0.3 is 0 Å². The molecule has 0 spiro atoms. The molecule has 0 amide bonds. The summed E-state index contributed by atoms with van der Waals surface area (Å²) in [5.41, 5.74) is 2.50. The molecule has 88 valence electrons. The van der Waals surface area contributed by atoms with Crippen molar-refractivity contribution >= 4 is 6.08 Å². The predicted octanol–water partition coefficient (Wildman–Crippen LogP) is 5.13. The molecule has 0 fully saturated rings. The molecule has 0 aliphatic carbocycles. The summed E-state index contributed by atoms with van der Waals surface area (Å²) in [4.78, 5) is 0. The third-order valence-electron chi connectivity index (χ3n) is 1.98. The number of hydrogen-bond acceptors (Lipinski definition) is 0. The molecule has 2 aromatic carbocycles. The maximum Gasteiger partial charge on any atom is -0.0263 e. The summed E-state index contributed by atoms with van der Waals surface area (Å²) in [6.07, 6.45) is 1.83. The summed E-state index contributed by atoms with van der Waals surface area (Å²) in [6, 6.07) is 20.3. The van der Waals surface area contributed by atoms with Gasteiger partial charge < -0.3 is 0 Å². The molecule has 0 saturated heterocycles. The molecule has 0 N–H and O–H groups in total. The van der Waals surface area contributed by atoms with E-state index in [0.717, 1.165) is 0 Å². The van der Waals surface area contributed by atoms with Crippen LogP contribution in [0.2, 0.25) is 0 Å². The van der Waals surface area contributed by atoms with E-state index in [9.17, 15) is 0 Å². The first-order valence-corrected chi connectivity index (χ1v) is 5.52. The fourth-order valence-electron chi connectivity index (χ4n) is 1.12. The van der Waals surface area contributed by atoms with E-state index in [-0.39, 0.29) is 0 Å². The zero-order chi connectivity index (χ0) is 12.9. The van der Waals surface area contributed by atoms with Gasteiger partial charge in [0.2, 0.25) is 0 Å². The van der Waals surface area contributed by atoms with Crippen LogP contribution in [0.1, 0.15) is 11.1 Å². The zero-order valence-electron chi connectivity index (χ0n) is 10.5. The van der Waals surface area contributed by atoms with Gasteiger partial charge in [0, 0.05) is 0 Å². The van der Waals surface area contributed by atoms with Crippen LogP contribution in [-0.2, 0) is 0 Å². The topological polar surface area (TPSA) is 0 Å². The van der Waals surface area contributed by atoms with Crippen LogP contribution in [0.5, 0.6) is 0 Å². The van der Waals surface area contributed by atoms with Crippen molar-refractivity contribution in [1.29, 1.82) is 0 Å². The highest BCUT2D eigenvalue weighted by atomic mass is 13.8. The molecule has 0 aromatic heterocycles. The summed E-state index contributed by atoms with van der Waals surface area (Å²) in [5.74, 6) is 0. The molecule has 2 aromatic rings. The SMILES string of the molecule is C=C.C=Cc1ccccc1.Cc1ccccc1. The van der Waals surface area contributed by atoms with Crippen LogP contribution in [-0.4, -0.2) is 0 Å². The minimum atomic E-state index is 1.17. The van der Waals surface area contributed by atoms with Gasteiger partial charge in [-0.15, -0.1) is 13.2 Å². The molecule has 0 atom stereocenters. The highest BCUT2D eigenvalue weighted by molar-refractivity contribution is 5.45. The molecule has 2 rings (SSSR count). The van der Waals surface area contributed by atoms with Crippen molar-refractivity contribution < 1.29 is 0 Å². The van der Waals surface area contributed by atoms with Crippen LogP contribution in [0.25, 0.3) is 6.08 Å². The van der Waals surface area contributed by atoms with Crippen LogP contribution in [0.15, 0.2) is 80.4 Å². The highest BCUT2D eigenvalue weighted by Gasteiger charge is 1.75. The van der Waals surface area contributed by atoms with E-state index in [1.165, 1.54) is 11.1 Å². The average Bonchev–Trinajstić information content (AvgIpc) is 2.43. The Bertz CT molecular complexity index is 387. The maximum absolute atomic E-state index is 3.63. The van der Waals surface area contributed by atoms with Crippen LogP contribution in [0.3, 0.4) is 0 Å². The normalized spacial score (nSPS) is 7.82. The molecule has 0 bridgehead atoms. The first kappa shape index (κ1) is 14.9. The average molecular weight is 224 g/mol. The first-order chi connectivity index (χ1) is 8.33. The van der Waals surface area contributed by atoms with Crippen LogP contribution in [0.4, 0.5) is 0 Å². The highest BCUT2D eigenvalue weighted by Crippen LogP contribution is 1.97. The minimum absolute atomic E-state index is 1.17. The molecule has 17 heavy (non-hydrogen) atoms. The Balaban J connectivity index is 0.000000265. The van der Waals surface area contributed by atoms with Gasteiger partial charge in [0.1, 0.15) is 0 Å². The zero-order valence-corrected chi connectivity index (χ0v) is 10.5. The molecule has 0 radical (unpaired) electrons. The molecule has 0 nitrogen and oxygen atoms in total. The lowest BCUT2D eigenvalue weighted by molar-refractivity contribution is 1.48. The van der Waals surface area contributed by atoms with Crippen molar-refractivity contribution in [1.82, 2.24) is 0 Å². The fourth-order valence-corrected chi connectivity index (χ4v) is 1.12. The Hall–Kier alpha value is -2.08. The summed E-state index contributed by atoms with van der Waals surface area (Å²) < 4.78 is 0. The Labute approximate surface area is 105 Å². The molecule has 0 heterocycles. The molecular formula is C17H20. The van der Waals surface area contributed by atoms with E-state index in [4.69, 9.17) is 0 Å². The lowest BCUT2D eigenvalue weighted by Crippen LogP contribution is -1.63. The summed E-state index contributed by atoms with van der Waals surface area (Å²) >= 11 is 0. The Morgan fingerprint density at radius 1 is 0.765 bits per heavy atom. The smallest absolute Gasteiger partial charge is 0.0263 e. The van der Waals surface area contributed by atoms with E-state index in [1.807, 2.05) is 54.6 Å². The van der Waals surface area contributed by atoms with Crippen molar-refractivity contribution in [2.75, 3.05) is 0 Å². The van der Waals surface area contributed by atoms with Crippen molar-refractivity contribution in [2.45, 2.75) is 6.92 Å². The second kappa shape index (κ2) is 10.4. The van der Waals surface area contributed by atoms with Crippen molar-refractivity contribution in [3.63, 3.8) is 0 Å². The standard InChI is InChI=1S/C8H8.C7H8.C2H4/c1-2-8-6-4-3-5-7-8;1-7-5-3-2-4-6-7;1-2/h2-7H,1H2;2-6H,1H3;1-2H2. The van der Waals surface area contributed by atoms with E-state index < -0.39 is 0 Å². The van der Waals surface area contributed by atoms with Crippen LogP contribution >= 0.6 is 0 Å². The quantitative estimate of drug-likeness (QED) is 0.589. The van der Waals surface area contributed by atoms with Gasteiger partial charge in [-0.25, -0.2) is 0 Å². The number of hydrogen-bond donors (Lipinski definition) is 0. The number of benzene rings is 2. The van der Waals surface area contributed by atoms with E-state index in [1.54, 1.807) is 0 Å². The van der Waals surface area contributed by atoms with Gasteiger partial charge in [-0.3, -0.25) is 0 Å². The Morgan fingerprint density at radius 3 is 1.41 bits per heavy atom. The lowest BCUT2D eigenvalue weighted by Gasteiger charge is -1.85. The van der Waals surface area contributed by atoms with Gasteiger partial charge in [-0.2, -0.15) is 0 Å². The fraction of sp³-hybridized carbons (Fsp3) is 0.0588. The maximum atomic E-state index is 3.63. The van der Waals surface area contributed by atoms with Gasteiger partial charge in [-0.05, 0) is 12.5 Å². The largest absolute Gasteiger partial charge is 0.106 e. The van der Waals surface area contributed by atoms with Crippen molar-refractivity contribution in [3.05, 3.63) is 91.5 Å². The van der Waals surface area contributed by atoms with E-state index in [0.29, 0.717) is 0 Å². The van der Waals surface area contributed by atoms with Crippen molar-refractivity contribution in [2.24, 2.45) is 0 Å². The van der Waals surface area contributed by atoms with E-state index >= 15 is 0 Å². The summed E-state index contributed by atoms with van der Waals surface area (Å²) in [5, 5.41) is 0. The van der Waals surface area contributed by atoms with E-state index in [2.05, 4.69) is 38.8 Å².